The van der Waals surface area contributed by atoms with Crippen LogP contribution in [0, 0.1) is 11.8 Å². The molecule has 0 aliphatic carbocycles. The van der Waals surface area contributed by atoms with E-state index in [1.54, 1.807) is 4.90 Å². The van der Waals surface area contributed by atoms with Crippen molar-refractivity contribution in [2.75, 3.05) is 13.1 Å². The third kappa shape index (κ3) is 3.15. The Balaban J connectivity index is 2.62. The van der Waals surface area contributed by atoms with Crippen molar-refractivity contribution in [3.63, 3.8) is 0 Å². The fraction of sp³-hybridized carbons (Fsp3) is 0.846. The van der Waals surface area contributed by atoms with Crippen molar-refractivity contribution in [1.82, 2.24) is 10.2 Å². The Hall–Kier alpha value is -1.26. The summed E-state index contributed by atoms with van der Waals surface area (Å²) in [6.07, 6.45) is 1.72. The quantitative estimate of drug-likeness (QED) is 0.807. The van der Waals surface area contributed by atoms with Crippen molar-refractivity contribution >= 4 is 12.0 Å². The molecule has 0 bridgehead atoms. The lowest BCUT2D eigenvalue weighted by atomic mass is 9.96. The van der Waals surface area contributed by atoms with E-state index in [1.165, 1.54) is 0 Å². The number of urea groups is 1. The number of likely N-dealkylation sites (tertiary alicyclic amines) is 1. The molecular weight excluding hydrogens is 232 g/mol. The molecule has 0 unspecified atom stereocenters. The van der Waals surface area contributed by atoms with Gasteiger partial charge in [0, 0.05) is 18.6 Å². The molecule has 104 valence electrons. The number of amides is 2. The lowest BCUT2D eigenvalue weighted by molar-refractivity contribution is -0.142. The van der Waals surface area contributed by atoms with Crippen LogP contribution in [0.25, 0.3) is 0 Å². The van der Waals surface area contributed by atoms with Crippen LogP contribution in [-0.4, -0.2) is 40.6 Å². The van der Waals surface area contributed by atoms with Crippen LogP contribution in [0.2, 0.25) is 0 Å². The second-order valence-electron chi connectivity index (χ2n) is 5.52. The molecule has 2 amide bonds. The predicted molar refractivity (Wildman–Crippen MR) is 69.4 cm³/mol. The van der Waals surface area contributed by atoms with Gasteiger partial charge in [-0.05, 0) is 25.7 Å². The van der Waals surface area contributed by atoms with E-state index in [0.717, 1.165) is 12.8 Å². The molecule has 1 aliphatic heterocycles. The van der Waals surface area contributed by atoms with Crippen LogP contribution in [0.4, 0.5) is 4.79 Å². The van der Waals surface area contributed by atoms with E-state index >= 15 is 0 Å². The summed E-state index contributed by atoms with van der Waals surface area (Å²) in [4.78, 5) is 24.8. The molecule has 5 nitrogen and oxygen atoms in total. The molecule has 1 heterocycles. The molecule has 18 heavy (non-hydrogen) atoms. The van der Waals surface area contributed by atoms with Crippen LogP contribution in [0.3, 0.4) is 0 Å². The lowest BCUT2D eigenvalue weighted by Crippen LogP contribution is -2.50. The van der Waals surface area contributed by atoms with Gasteiger partial charge in [0.15, 0.2) is 0 Å². The van der Waals surface area contributed by atoms with Crippen molar-refractivity contribution in [1.29, 1.82) is 0 Å². The van der Waals surface area contributed by atoms with E-state index in [0.29, 0.717) is 13.1 Å². The molecule has 0 aromatic heterocycles. The standard InChI is InChI=1S/C13H24N2O3/c1-5-13(4,6-2)14-12(18)15-7-9(3)10(8-15)11(16)17/h9-10H,5-8H2,1-4H3,(H,14,18)(H,16,17)/t9-,10-/m1/s1. The van der Waals surface area contributed by atoms with Gasteiger partial charge in [-0.25, -0.2) is 4.79 Å². The molecule has 0 saturated carbocycles. The number of aliphatic carboxylic acids is 1. The molecule has 0 aromatic rings. The van der Waals surface area contributed by atoms with E-state index in [2.05, 4.69) is 5.32 Å². The Morgan fingerprint density at radius 2 is 1.89 bits per heavy atom. The summed E-state index contributed by atoms with van der Waals surface area (Å²) < 4.78 is 0. The smallest absolute Gasteiger partial charge is 0.317 e. The van der Waals surface area contributed by atoms with Crippen LogP contribution in [0.5, 0.6) is 0 Å². The van der Waals surface area contributed by atoms with E-state index in [4.69, 9.17) is 5.11 Å². The topological polar surface area (TPSA) is 69.6 Å². The van der Waals surface area contributed by atoms with Crippen molar-refractivity contribution in [2.45, 2.75) is 46.1 Å². The summed E-state index contributed by atoms with van der Waals surface area (Å²) in [6, 6.07) is -0.142. The molecule has 2 N–H and O–H groups in total. The number of carboxylic acid groups (broad SMARTS) is 1. The van der Waals surface area contributed by atoms with Crippen LogP contribution in [-0.2, 0) is 4.79 Å². The lowest BCUT2D eigenvalue weighted by Gasteiger charge is -2.31. The molecule has 0 radical (unpaired) electrons. The molecule has 1 aliphatic rings. The summed E-state index contributed by atoms with van der Waals surface area (Å²) in [6.45, 7) is 8.80. The number of nitrogens with one attached hydrogen (secondary N) is 1. The summed E-state index contributed by atoms with van der Waals surface area (Å²) >= 11 is 0. The number of carbonyl (C=O) groups excluding carboxylic acids is 1. The van der Waals surface area contributed by atoms with Crippen LogP contribution in [0.15, 0.2) is 0 Å². The summed E-state index contributed by atoms with van der Waals surface area (Å²) in [5.41, 5.74) is -0.207. The number of rotatable bonds is 4. The highest BCUT2D eigenvalue weighted by Crippen LogP contribution is 2.24. The second-order valence-corrected chi connectivity index (χ2v) is 5.52. The van der Waals surface area contributed by atoms with Gasteiger partial charge in [-0.1, -0.05) is 20.8 Å². The minimum absolute atomic E-state index is 0.0164. The number of carboxylic acids is 1. The normalized spacial score (nSPS) is 24.1. The van der Waals surface area contributed by atoms with Gasteiger partial charge in [0.2, 0.25) is 0 Å². The fourth-order valence-corrected chi connectivity index (χ4v) is 2.22. The van der Waals surface area contributed by atoms with Gasteiger partial charge < -0.3 is 15.3 Å². The van der Waals surface area contributed by atoms with Gasteiger partial charge in [0.05, 0.1) is 5.92 Å². The van der Waals surface area contributed by atoms with E-state index < -0.39 is 11.9 Å². The number of carbonyl (C=O) groups is 2. The second kappa shape index (κ2) is 5.59. The first-order valence-corrected chi connectivity index (χ1v) is 6.63. The van der Waals surface area contributed by atoms with Gasteiger partial charge >= 0.3 is 12.0 Å². The SMILES string of the molecule is CCC(C)(CC)NC(=O)N1C[C@@H](C)[C@H](C(=O)O)C1. The molecule has 1 fully saturated rings. The highest BCUT2D eigenvalue weighted by atomic mass is 16.4. The van der Waals surface area contributed by atoms with Crippen molar-refractivity contribution in [2.24, 2.45) is 11.8 Å². The maximum Gasteiger partial charge on any atom is 0.317 e. The van der Waals surface area contributed by atoms with Crippen LogP contribution in [0.1, 0.15) is 40.5 Å². The molecule has 5 heteroatoms. The van der Waals surface area contributed by atoms with Crippen molar-refractivity contribution in [3.8, 4) is 0 Å². The number of hydrogen-bond acceptors (Lipinski definition) is 2. The molecular formula is C13H24N2O3. The average molecular weight is 256 g/mol. The first-order valence-electron chi connectivity index (χ1n) is 6.63. The zero-order valence-corrected chi connectivity index (χ0v) is 11.7. The zero-order valence-electron chi connectivity index (χ0n) is 11.7. The predicted octanol–water partition coefficient (Wildman–Crippen LogP) is 1.93. The fourth-order valence-electron chi connectivity index (χ4n) is 2.22. The maximum atomic E-state index is 12.1. The van der Waals surface area contributed by atoms with Crippen LogP contribution >= 0.6 is 0 Å². The van der Waals surface area contributed by atoms with Gasteiger partial charge in [0.25, 0.3) is 0 Å². The van der Waals surface area contributed by atoms with Gasteiger partial charge in [-0.3, -0.25) is 4.79 Å². The third-order valence-electron chi connectivity index (χ3n) is 4.19. The average Bonchev–Trinajstić information content (AvgIpc) is 2.71. The van der Waals surface area contributed by atoms with E-state index in [-0.39, 0.29) is 17.5 Å². The number of nitrogens with zero attached hydrogens (tertiary/aromatic N) is 1. The Morgan fingerprint density at radius 3 is 2.28 bits per heavy atom. The molecule has 0 aromatic carbocycles. The summed E-state index contributed by atoms with van der Waals surface area (Å²) in [5.74, 6) is -1.24. The van der Waals surface area contributed by atoms with Gasteiger partial charge in [-0.15, -0.1) is 0 Å². The highest BCUT2D eigenvalue weighted by Gasteiger charge is 2.38. The maximum absolute atomic E-state index is 12.1. The molecule has 1 rings (SSSR count). The molecule has 1 saturated heterocycles. The first-order chi connectivity index (χ1) is 8.33. The van der Waals surface area contributed by atoms with Gasteiger partial charge in [-0.2, -0.15) is 0 Å². The Bertz CT molecular complexity index is 326. The van der Waals surface area contributed by atoms with Crippen molar-refractivity contribution in [3.05, 3.63) is 0 Å². The van der Waals surface area contributed by atoms with E-state index in [1.807, 2.05) is 27.7 Å². The number of hydrogen-bond donors (Lipinski definition) is 2. The summed E-state index contributed by atoms with van der Waals surface area (Å²) in [5, 5.41) is 12.1. The van der Waals surface area contributed by atoms with Crippen molar-refractivity contribution < 1.29 is 14.7 Å². The Kier molecular flexibility index (Phi) is 4.59. The van der Waals surface area contributed by atoms with Crippen LogP contribution < -0.4 is 5.32 Å². The van der Waals surface area contributed by atoms with E-state index in [9.17, 15) is 9.59 Å². The monoisotopic (exact) mass is 256 g/mol. The highest BCUT2D eigenvalue weighted by molar-refractivity contribution is 5.78. The Morgan fingerprint density at radius 1 is 1.33 bits per heavy atom. The molecule has 0 spiro atoms. The third-order valence-corrected chi connectivity index (χ3v) is 4.19. The molecule has 2 atom stereocenters. The van der Waals surface area contributed by atoms with Gasteiger partial charge in [0.1, 0.15) is 0 Å². The zero-order chi connectivity index (χ0) is 13.9. The summed E-state index contributed by atoms with van der Waals surface area (Å²) in [7, 11) is 0. The minimum atomic E-state index is -0.813. The Labute approximate surface area is 109 Å². The minimum Gasteiger partial charge on any atom is -0.481 e. The largest absolute Gasteiger partial charge is 0.481 e. The first kappa shape index (κ1) is 14.8.